The largest absolute Gasteiger partial charge is 0.365 e. The van der Waals surface area contributed by atoms with Gasteiger partial charge in [-0.15, -0.1) is 0 Å². The number of anilines is 1. The van der Waals surface area contributed by atoms with E-state index in [1.165, 1.54) is 0 Å². The molecule has 0 unspecified atom stereocenters. The molecule has 0 atom stereocenters. The van der Waals surface area contributed by atoms with Gasteiger partial charge < -0.3 is 10.3 Å². The molecule has 1 heterocycles. The van der Waals surface area contributed by atoms with Gasteiger partial charge in [-0.3, -0.25) is 4.79 Å². The zero-order chi connectivity index (χ0) is 12.3. The molecule has 0 bridgehead atoms. The molecule has 0 fully saturated rings. The number of amides is 1. The smallest absolute Gasteiger partial charge is 0.230 e. The normalized spacial score (nSPS) is 10.2. The van der Waals surface area contributed by atoms with E-state index in [0.717, 1.165) is 21.4 Å². The number of aromatic nitrogens is 1. The van der Waals surface area contributed by atoms with Crippen LogP contribution in [-0.2, 0) is 11.2 Å². The van der Waals surface area contributed by atoms with E-state index in [1.54, 1.807) is 0 Å². The molecule has 2 N–H and O–H groups in total. The Morgan fingerprint density at radius 2 is 2.24 bits per heavy atom. The third-order valence-electron chi connectivity index (χ3n) is 2.48. The molecule has 0 aliphatic rings. The first-order chi connectivity index (χ1) is 8.15. The molecule has 0 aliphatic carbocycles. The van der Waals surface area contributed by atoms with Gasteiger partial charge in [0.1, 0.15) is 0 Å². The molecule has 3 nitrogen and oxygen atoms in total. The Bertz CT molecular complexity index is 520. The fourth-order valence-electron chi connectivity index (χ4n) is 1.61. The lowest BCUT2D eigenvalue weighted by Gasteiger charge is -2.08. The van der Waals surface area contributed by atoms with E-state index < -0.39 is 0 Å². The molecule has 1 aromatic heterocycles. The topological polar surface area (TPSA) is 44.9 Å². The Balaban J connectivity index is 2.03. The zero-order valence-electron chi connectivity index (χ0n) is 9.46. The minimum absolute atomic E-state index is 0.0159. The van der Waals surface area contributed by atoms with Crippen molar-refractivity contribution in [2.24, 2.45) is 0 Å². The Labute approximate surface area is 108 Å². The highest BCUT2D eigenvalue weighted by atomic mass is 79.9. The predicted molar refractivity (Wildman–Crippen MR) is 72.0 cm³/mol. The van der Waals surface area contributed by atoms with Gasteiger partial charge in [-0.1, -0.05) is 15.9 Å². The average molecular weight is 293 g/mol. The third-order valence-corrected chi connectivity index (χ3v) is 2.97. The van der Waals surface area contributed by atoms with Gasteiger partial charge in [-0.05, 0) is 42.8 Å². The average Bonchev–Trinajstić information content (AvgIpc) is 2.75. The van der Waals surface area contributed by atoms with E-state index in [9.17, 15) is 4.79 Å². The van der Waals surface area contributed by atoms with Crippen molar-refractivity contribution in [3.8, 4) is 0 Å². The number of hydrogen-bond acceptors (Lipinski definition) is 1. The van der Waals surface area contributed by atoms with Gasteiger partial charge in [0.25, 0.3) is 0 Å². The SMILES string of the molecule is Cc1cc(Br)ccc1NC(=O)Cc1ccc[nH]1. The second-order valence-corrected chi connectivity index (χ2v) is 4.80. The van der Waals surface area contributed by atoms with Crippen LogP contribution >= 0.6 is 15.9 Å². The van der Waals surface area contributed by atoms with Crippen molar-refractivity contribution < 1.29 is 4.79 Å². The van der Waals surface area contributed by atoms with Crippen molar-refractivity contribution in [2.75, 3.05) is 5.32 Å². The van der Waals surface area contributed by atoms with Crippen molar-refractivity contribution in [2.45, 2.75) is 13.3 Å². The summed E-state index contributed by atoms with van der Waals surface area (Å²) in [6.07, 6.45) is 2.18. The molecule has 2 rings (SSSR count). The monoisotopic (exact) mass is 292 g/mol. The second kappa shape index (κ2) is 5.19. The summed E-state index contributed by atoms with van der Waals surface area (Å²) < 4.78 is 1.01. The standard InChI is InChI=1S/C13H13BrN2O/c1-9-7-10(14)4-5-12(9)16-13(17)8-11-3-2-6-15-11/h2-7,15H,8H2,1H3,(H,16,17). The van der Waals surface area contributed by atoms with Crippen LogP contribution in [0.15, 0.2) is 41.0 Å². The number of carbonyl (C=O) groups excluding carboxylic acids is 1. The van der Waals surface area contributed by atoms with E-state index in [4.69, 9.17) is 0 Å². The Morgan fingerprint density at radius 1 is 1.41 bits per heavy atom. The molecule has 0 spiro atoms. The number of carbonyl (C=O) groups is 1. The van der Waals surface area contributed by atoms with Crippen LogP contribution in [0.5, 0.6) is 0 Å². The maximum absolute atomic E-state index is 11.8. The lowest BCUT2D eigenvalue weighted by atomic mass is 10.2. The summed E-state index contributed by atoms with van der Waals surface area (Å²) in [5.41, 5.74) is 2.81. The molecule has 1 aromatic carbocycles. The van der Waals surface area contributed by atoms with Gasteiger partial charge in [-0.25, -0.2) is 0 Å². The molecular formula is C13H13BrN2O. The fraction of sp³-hybridized carbons (Fsp3) is 0.154. The quantitative estimate of drug-likeness (QED) is 0.896. The van der Waals surface area contributed by atoms with Gasteiger partial charge in [0, 0.05) is 22.1 Å². The van der Waals surface area contributed by atoms with E-state index in [2.05, 4.69) is 26.2 Å². The molecule has 0 radical (unpaired) electrons. The van der Waals surface area contributed by atoms with Gasteiger partial charge >= 0.3 is 0 Å². The van der Waals surface area contributed by atoms with Gasteiger partial charge in [0.15, 0.2) is 0 Å². The number of aromatic amines is 1. The van der Waals surface area contributed by atoms with Gasteiger partial charge in [-0.2, -0.15) is 0 Å². The molecule has 88 valence electrons. The minimum Gasteiger partial charge on any atom is -0.365 e. The number of hydrogen-bond donors (Lipinski definition) is 2. The predicted octanol–water partition coefficient (Wildman–Crippen LogP) is 3.27. The highest BCUT2D eigenvalue weighted by molar-refractivity contribution is 9.10. The van der Waals surface area contributed by atoms with Crippen LogP contribution in [0.25, 0.3) is 0 Å². The Morgan fingerprint density at radius 3 is 2.88 bits per heavy atom. The number of H-pyrrole nitrogens is 1. The molecule has 17 heavy (non-hydrogen) atoms. The summed E-state index contributed by atoms with van der Waals surface area (Å²) in [6.45, 7) is 1.97. The third kappa shape index (κ3) is 3.20. The number of rotatable bonds is 3. The van der Waals surface area contributed by atoms with Crippen LogP contribution in [0.1, 0.15) is 11.3 Å². The van der Waals surface area contributed by atoms with E-state index in [0.29, 0.717) is 6.42 Å². The highest BCUT2D eigenvalue weighted by Crippen LogP contribution is 2.20. The minimum atomic E-state index is -0.0159. The fourth-order valence-corrected chi connectivity index (χ4v) is 2.09. The number of benzene rings is 1. The zero-order valence-corrected chi connectivity index (χ0v) is 11.0. The van der Waals surface area contributed by atoms with Crippen molar-refractivity contribution in [1.29, 1.82) is 0 Å². The lowest BCUT2D eigenvalue weighted by molar-refractivity contribution is -0.115. The summed E-state index contributed by atoms with van der Waals surface area (Å²) in [4.78, 5) is 14.8. The van der Waals surface area contributed by atoms with Crippen LogP contribution < -0.4 is 5.32 Å². The molecule has 1 amide bonds. The molecule has 0 aliphatic heterocycles. The molecule has 0 saturated carbocycles. The second-order valence-electron chi connectivity index (χ2n) is 3.88. The molecular weight excluding hydrogens is 280 g/mol. The summed E-state index contributed by atoms with van der Waals surface area (Å²) in [5, 5.41) is 2.90. The first kappa shape index (κ1) is 11.9. The molecule has 2 aromatic rings. The number of aryl methyl sites for hydroxylation is 1. The Hall–Kier alpha value is -1.55. The van der Waals surface area contributed by atoms with E-state index in [-0.39, 0.29) is 5.91 Å². The van der Waals surface area contributed by atoms with Crippen molar-refractivity contribution in [1.82, 2.24) is 4.98 Å². The summed E-state index contributed by atoms with van der Waals surface area (Å²) in [5.74, 6) is -0.0159. The highest BCUT2D eigenvalue weighted by Gasteiger charge is 2.06. The van der Waals surface area contributed by atoms with Crippen molar-refractivity contribution >= 4 is 27.5 Å². The number of nitrogens with one attached hydrogen (secondary N) is 2. The maximum atomic E-state index is 11.8. The van der Waals surface area contributed by atoms with Crippen molar-refractivity contribution in [3.05, 3.63) is 52.3 Å². The maximum Gasteiger partial charge on any atom is 0.230 e. The van der Waals surface area contributed by atoms with Gasteiger partial charge in [0.05, 0.1) is 6.42 Å². The van der Waals surface area contributed by atoms with Crippen LogP contribution in [0.3, 0.4) is 0 Å². The van der Waals surface area contributed by atoms with Crippen LogP contribution in [0.2, 0.25) is 0 Å². The summed E-state index contributed by atoms with van der Waals surface area (Å²) in [7, 11) is 0. The summed E-state index contributed by atoms with van der Waals surface area (Å²) in [6, 6.07) is 9.56. The molecule has 0 saturated heterocycles. The van der Waals surface area contributed by atoms with Crippen LogP contribution in [0.4, 0.5) is 5.69 Å². The Kier molecular flexibility index (Phi) is 3.64. The summed E-state index contributed by atoms with van der Waals surface area (Å²) >= 11 is 3.39. The van der Waals surface area contributed by atoms with E-state index >= 15 is 0 Å². The first-order valence-corrected chi connectivity index (χ1v) is 6.13. The lowest BCUT2D eigenvalue weighted by Crippen LogP contribution is -2.15. The van der Waals surface area contributed by atoms with Crippen molar-refractivity contribution in [3.63, 3.8) is 0 Å². The molecule has 4 heteroatoms. The van der Waals surface area contributed by atoms with Crippen LogP contribution in [0, 0.1) is 6.92 Å². The van der Waals surface area contributed by atoms with Crippen LogP contribution in [-0.4, -0.2) is 10.9 Å². The first-order valence-electron chi connectivity index (χ1n) is 5.33. The van der Waals surface area contributed by atoms with E-state index in [1.807, 2.05) is 43.5 Å². The van der Waals surface area contributed by atoms with Gasteiger partial charge in [0.2, 0.25) is 5.91 Å². The number of halogens is 1.